The van der Waals surface area contributed by atoms with Gasteiger partial charge in [0.1, 0.15) is 11.6 Å². The van der Waals surface area contributed by atoms with Gasteiger partial charge in [-0.2, -0.15) is 0 Å². The average molecular weight is 283 g/mol. The van der Waals surface area contributed by atoms with Gasteiger partial charge in [-0.1, -0.05) is 11.6 Å². The van der Waals surface area contributed by atoms with Gasteiger partial charge < -0.3 is 9.47 Å². The topological polar surface area (TPSA) is 55.8 Å². The van der Waals surface area contributed by atoms with Crippen molar-refractivity contribution in [3.8, 4) is 0 Å². The summed E-state index contributed by atoms with van der Waals surface area (Å²) < 4.78 is 10.2. The minimum Gasteiger partial charge on any atom is -0.467 e. The van der Waals surface area contributed by atoms with Gasteiger partial charge in [-0.25, -0.2) is 9.59 Å². The zero-order valence-electron chi connectivity index (χ0n) is 13.2. The van der Waals surface area contributed by atoms with Crippen molar-refractivity contribution in [1.29, 1.82) is 0 Å². The molecule has 2 atom stereocenters. The van der Waals surface area contributed by atoms with Crippen LogP contribution in [0.15, 0.2) is 11.6 Å². The van der Waals surface area contributed by atoms with Crippen LogP contribution >= 0.6 is 0 Å². The molecule has 0 saturated carbocycles. The van der Waals surface area contributed by atoms with Gasteiger partial charge in [0.05, 0.1) is 7.11 Å². The van der Waals surface area contributed by atoms with Gasteiger partial charge in [-0.15, -0.1) is 0 Å². The third-order valence-corrected chi connectivity index (χ3v) is 3.06. The van der Waals surface area contributed by atoms with Gasteiger partial charge in [0.2, 0.25) is 0 Å². The second-order valence-electron chi connectivity index (χ2n) is 6.34. The Morgan fingerprint density at radius 2 is 1.85 bits per heavy atom. The molecule has 0 radical (unpaired) electrons. The highest BCUT2D eigenvalue weighted by molar-refractivity contribution is 5.82. The number of methoxy groups -OCH3 is 1. The lowest BCUT2D eigenvalue weighted by Gasteiger charge is -2.28. The van der Waals surface area contributed by atoms with Crippen LogP contribution in [0.1, 0.15) is 41.0 Å². The lowest BCUT2D eigenvalue weighted by atomic mass is 9.98. The van der Waals surface area contributed by atoms with Crippen LogP contribution in [0.25, 0.3) is 0 Å². The minimum absolute atomic E-state index is 0.0139. The Bertz CT molecular complexity index is 405. The van der Waals surface area contributed by atoms with Crippen molar-refractivity contribution in [2.24, 2.45) is 5.92 Å². The van der Waals surface area contributed by atoms with Crippen LogP contribution in [0.4, 0.5) is 4.79 Å². The van der Waals surface area contributed by atoms with Gasteiger partial charge in [0.15, 0.2) is 0 Å². The maximum absolute atomic E-state index is 12.2. The van der Waals surface area contributed by atoms with E-state index in [1.165, 1.54) is 12.0 Å². The molecule has 1 saturated heterocycles. The fraction of sp³-hybridized carbons (Fsp3) is 0.733. The van der Waals surface area contributed by atoms with Crippen molar-refractivity contribution in [2.75, 3.05) is 13.7 Å². The third kappa shape index (κ3) is 4.25. The molecule has 1 aliphatic rings. The number of carbonyl (C=O) groups excluding carboxylic acids is 2. The van der Waals surface area contributed by atoms with Gasteiger partial charge in [0.25, 0.3) is 0 Å². The zero-order valence-corrected chi connectivity index (χ0v) is 13.2. The van der Waals surface area contributed by atoms with Gasteiger partial charge >= 0.3 is 12.1 Å². The molecule has 1 aliphatic heterocycles. The highest BCUT2D eigenvalue weighted by Gasteiger charge is 2.43. The number of likely N-dealkylation sites (tertiary alicyclic amines) is 1. The average Bonchev–Trinajstić information content (AvgIpc) is 2.68. The van der Waals surface area contributed by atoms with E-state index in [1.54, 1.807) is 0 Å². The smallest absolute Gasteiger partial charge is 0.411 e. The Morgan fingerprint density at radius 3 is 2.30 bits per heavy atom. The molecule has 0 bridgehead atoms. The number of amides is 1. The molecule has 0 N–H and O–H groups in total. The molecule has 0 aromatic heterocycles. The molecule has 1 fully saturated rings. The number of ether oxygens (including phenoxy) is 2. The van der Waals surface area contributed by atoms with Crippen LogP contribution in [0.5, 0.6) is 0 Å². The van der Waals surface area contributed by atoms with Gasteiger partial charge in [-0.3, -0.25) is 4.90 Å². The summed E-state index contributed by atoms with van der Waals surface area (Å²) in [7, 11) is 1.34. The van der Waals surface area contributed by atoms with Gasteiger partial charge in [0, 0.05) is 12.5 Å². The van der Waals surface area contributed by atoms with E-state index in [1.807, 2.05) is 40.7 Å². The lowest BCUT2D eigenvalue weighted by molar-refractivity contribution is -0.146. The molecular weight excluding hydrogens is 258 g/mol. The molecule has 0 unspecified atom stereocenters. The number of allylic oxidation sites excluding steroid dienone is 1. The maximum Gasteiger partial charge on any atom is 0.411 e. The first-order valence-electron chi connectivity index (χ1n) is 6.88. The molecule has 0 aromatic carbocycles. The molecular formula is C15H25NO4. The third-order valence-electron chi connectivity index (χ3n) is 3.06. The molecule has 0 aromatic rings. The van der Waals surface area contributed by atoms with E-state index in [9.17, 15) is 9.59 Å². The second-order valence-corrected chi connectivity index (χ2v) is 6.34. The number of esters is 1. The molecule has 114 valence electrons. The summed E-state index contributed by atoms with van der Waals surface area (Å²) in [5.41, 5.74) is 0.543. The van der Waals surface area contributed by atoms with E-state index in [-0.39, 0.29) is 5.92 Å². The predicted molar refractivity (Wildman–Crippen MR) is 76.3 cm³/mol. The van der Waals surface area contributed by atoms with E-state index in [0.717, 1.165) is 12.0 Å². The minimum atomic E-state index is -0.593. The SMILES string of the molecule is COC(=O)[C@@H]1[C@@H](C=C(C)C)CCN1C(=O)OC(C)(C)C. The molecule has 0 spiro atoms. The Balaban J connectivity index is 2.93. The molecule has 5 heteroatoms. The summed E-state index contributed by atoms with van der Waals surface area (Å²) in [6.07, 6.45) is 2.30. The fourth-order valence-corrected chi connectivity index (χ4v) is 2.37. The summed E-state index contributed by atoms with van der Waals surface area (Å²) in [6, 6.07) is -0.593. The zero-order chi connectivity index (χ0) is 15.5. The molecule has 1 heterocycles. The van der Waals surface area contributed by atoms with Crippen LogP contribution in [0, 0.1) is 5.92 Å². The van der Waals surface area contributed by atoms with Crippen molar-refractivity contribution < 1.29 is 19.1 Å². The van der Waals surface area contributed by atoms with Crippen molar-refractivity contribution in [3.63, 3.8) is 0 Å². The Labute approximate surface area is 120 Å². The molecule has 1 rings (SSSR count). The highest BCUT2D eigenvalue weighted by Crippen LogP contribution is 2.29. The van der Waals surface area contributed by atoms with E-state index < -0.39 is 23.7 Å². The summed E-state index contributed by atoms with van der Waals surface area (Å²) in [5.74, 6) is -0.407. The van der Waals surface area contributed by atoms with E-state index in [2.05, 4.69) is 0 Å². The van der Waals surface area contributed by atoms with E-state index in [4.69, 9.17) is 9.47 Å². The van der Waals surface area contributed by atoms with Crippen LogP contribution in [-0.4, -0.2) is 42.3 Å². The molecule has 1 amide bonds. The summed E-state index contributed by atoms with van der Waals surface area (Å²) >= 11 is 0. The summed E-state index contributed by atoms with van der Waals surface area (Å²) in [6.45, 7) is 9.88. The Kier molecular flexibility index (Phi) is 5.20. The largest absolute Gasteiger partial charge is 0.467 e. The Hall–Kier alpha value is -1.52. The molecule has 20 heavy (non-hydrogen) atoms. The number of carbonyl (C=O) groups is 2. The second kappa shape index (κ2) is 6.29. The standard InChI is InChI=1S/C15H25NO4/c1-10(2)9-11-7-8-16(12(11)13(17)19-6)14(18)20-15(3,4)5/h9,11-12H,7-8H2,1-6H3/t11-,12+/m1/s1. The van der Waals surface area contributed by atoms with E-state index in [0.29, 0.717) is 6.54 Å². The van der Waals surface area contributed by atoms with Crippen LogP contribution in [0.2, 0.25) is 0 Å². The molecule has 5 nitrogen and oxygen atoms in total. The number of hydrogen-bond donors (Lipinski definition) is 0. The fourth-order valence-electron chi connectivity index (χ4n) is 2.37. The van der Waals surface area contributed by atoms with Crippen molar-refractivity contribution >= 4 is 12.1 Å². The number of nitrogens with zero attached hydrogens (tertiary/aromatic N) is 1. The highest BCUT2D eigenvalue weighted by atomic mass is 16.6. The quantitative estimate of drug-likeness (QED) is 0.577. The first-order chi connectivity index (χ1) is 9.15. The maximum atomic E-state index is 12.2. The predicted octanol–water partition coefficient (Wildman–Crippen LogP) is 2.75. The summed E-state index contributed by atoms with van der Waals surface area (Å²) in [5, 5.41) is 0. The monoisotopic (exact) mass is 283 g/mol. The van der Waals surface area contributed by atoms with Crippen molar-refractivity contribution in [1.82, 2.24) is 4.90 Å². The van der Waals surface area contributed by atoms with Crippen LogP contribution < -0.4 is 0 Å². The van der Waals surface area contributed by atoms with Gasteiger partial charge in [-0.05, 0) is 41.0 Å². The summed E-state index contributed by atoms with van der Waals surface area (Å²) in [4.78, 5) is 25.7. The van der Waals surface area contributed by atoms with Crippen molar-refractivity contribution in [3.05, 3.63) is 11.6 Å². The number of rotatable bonds is 2. The van der Waals surface area contributed by atoms with Crippen LogP contribution in [-0.2, 0) is 14.3 Å². The lowest BCUT2D eigenvalue weighted by Crippen LogP contribution is -2.45. The number of hydrogen-bond acceptors (Lipinski definition) is 4. The Morgan fingerprint density at radius 1 is 1.25 bits per heavy atom. The first kappa shape index (κ1) is 16.5. The van der Waals surface area contributed by atoms with Crippen LogP contribution in [0.3, 0.4) is 0 Å². The first-order valence-corrected chi connectivity index (χ1v) is 6.88. The molecule has 0 aliphatic carbocycles. The van der Waals surface area contributed by atoms with E-state index >= 15 is 0 Å². The normalized spacial score (nSPS) is 22.4. The van der Waals surface area contributed by atoms with Crippen molar-refractivity contribution in [2.45, 2.75) is 52.7 Å².